The quantitative estimate of drug-likeness (QED) is 0.362. The van der Waals surface area contributed by atoms with E-state index in [0.717, 1.165) is 55.5 Å². The molecule has 0 aliphatic carbocycles. The highest BCUT2D eigenvalue weighted by Gasteiger charge is 2.42. The van der Waals surface area contributed by atoms with Crippen molar-refractivity contribution in [3.05, 3.63) is 106 Å². The number of benzene rings is 3. The summed E-state index contributed by atoms with van der Waals surface area (Å²) in [4.78, 5) is 17.5. The maximum absolute atomic E-state index is 13.0. The third kappa shape index (κ3) is 5.37. The van der Waals surface area contributed by atoms with Gasteiger partial charge in [0.05, 0.1) is 12.2 Å². The lowest BCUT2D eigenvalue weighted by Gasteiger charge is -2.39. The first-order valence-corrected chi connectivity index (χ1v) is 13.3. The van der Waals surface area contributed by atoms with Crippen LogP contribution >= 0.6 is 15.9 Å². The number of rotatable bonds is 7. The average molecular weight is 534 g/mol. The van der Waals surface area contributed by atoms with Crippen LogP contribution in [0.5, 0.6) is 0 Å². The summed E-state index contributed by atoms with van der Waals surface area (Å²) in [6.45, 7) is 4.54. The highest BCUT2D eigenvalue weighted by atomic mass is 79.9. The Morgan fingerprint density at radius 1 is 1.00 bits per heavy atom. The Labute approximate surface area is 217 Å². The number of carbonyl (C=O) groups excluding carboxylic acids is 1. The van der Waals surface area contributed by atoms with Crippen LogP contribution in [-0.4, -0.2) is 48.9 Å². The number of likely N-dealkylation sites (tertiary alicyclic amines) is 1. The van der Waals surface area contributed by atoms with Crippen molar-refractivity contribution in [1.29, 1.82) is 0 Å². The van der Waals surface area contributed by atoms with E-state index < -0.39 is 0 Å². The minimum Gasteiger partial charge on any atom is -0.365 e. The standard InChI is InChI=1S/C30H33BrN2O2/c1-32(29(34)24-7-3-2-4-8-24)21-25(23-11-13-27(31)14-12-23)15-18-33-19-16-30(17-20-33)28-10-6-5-9-26(28)22-35-30/h2-14,25H,15-22H2,1H3. The van der Waals surface area contributed by atoms with Crippen LogP contribution in [-0.2, 0) is 16.9 Å². The van der Waals surface area contributed by atoms with Gasteiger partial charge in [0.25, 0.3) is 5.91 Å². The number of amides is 1. The summed E-state index contributed by atoms with van der Waals surface area (Å²) in [6.07, 6.45) is 3.09. The summed E-state index contributed by atoms with van der Waals surface area (Å²) < 4.78 is 7.43. The Morgan fingerprint density at radius 2 is 1.69 bits per heavy atom. The second-order valence-electron chi connectivity index (χ2n) is 9.87. The van der Waals surface area contributed by atoms with Crippen LogP contribution < -0.4 is 0 Å². The van der Waals surface area contributed by atoms with Crippen molar-refractivity contribution in [3.63, 3.8) is 0 Å². The molecule has 5 rings (SSSR count). The van der Waals surface area contributed by atoms with E-state index in [9.17, 15) is 4.79 Å². The molecule has 1 spiro atoms. The molecular weight excluding hydrogens is 500 g/mol. The third-order valence-corrected chi connectivity index (χ3v) is 8.20. The molecule has 0 bridgehead atoms. The van der Waals surface area contributed by atoms with Gasteiger partial charge in [-0.3, -0.25) is 4.79 Å². The van der Waals surface area contributed by atoms with E-state index in [4.69, 9.17) is 4.74 Å². The summed E-state index contributed by atoms with van der Waals surface area (Å²) in [5.41, 5.74) is 4.67. The molecule has 0 radical (unpaired) electrons. The van der Waals surface area contributed by atoms with E-state index in [1.807, 2.05) is 42.3 Å². The zero-order valence-electron chi connectivity index (χ0n) is 20.3. The molecule has 5 heteroatoms. The molecular formula is C30H33BrN2O2. The molecule has 3 aromatic carbocycles. The molecule has 2 aliphatic rings. The van der Waals surface area contributed by atoms with Gasteiger partial charge in [0.2, 0.25) is 0 Å². The van der Waals surface area contributed by atoms with Crippen LogP contribution in [0.4, 0.5) is 0 Å². The van der Waals surface area contributed by atoms with Crippen molar-refractivity contribution in [3.8, 4) is 0 Å². The lowest BCUT2D eigenvalue weighted by molar-refractivity contribution is -0.0790. The highest BCUT2D eigenvalue weighted by Crippen LogP contribution is 2.44. The zero-order chi connectivity index (χ0) is 24.3. The number of nitrogens with zero attached hydrogens (tertiary/aromatic N) is 2. The van der Waals surface area contributed by atoms with Gasteiger partial charge in [-0.2, -0.15) is 0 Å². The van der Waals surface area contributed by atoms with E-state index in [0.29, 0.717) is 6.54 Å². The van der Waals surface area contributed by atoms with Gasteiger partial charge in [-0.25, -0.2) is 0 Å². The van der Waals surface area contributed by atoms with Gasteiger partial charge in [0, 0.05) is 42.6 Å². The Hall–Kier alpha value is -2.47. The van der Waals surface area contributed by atoms with Gasteiger partial charge in [-0.1, -0.05) is 70.5 Å². The second-order valence-corrected chi connectivity index (χ2v) is 10.8. The fourth-order valence-electron chi connectivity index (χ4n) is 5.59. The fraction of sp³-hybridized carbons (Fsp3) is 0.367. The number of piperidine rings is 1. The molecule has 2 aliphatic heterocycles. The number of carbonyl (C=O) groups is 1. The van der Waals surface area contributed by atoms with Crippen molar-refractivity contribution >= 4 is 21.8 Å². The van der Waals surface area contributed by atoms with Crippen LogP contribution in [0.25, 0.3) is 0 Å². The second kappa shape index (κ2) is 10.7. The number of ether oxygens (including phenoxy) is 1. The molecule has 3 aromatic rings. The predicted molar refractivity (Wildman–Crippen MR) is 143 cm³/mol. The molecule has 2 heterocycles. The molecule has 1 atom stereocenters. The molecule has 35 heavy (non-hydrogen) atoms. The predicted octanol–water partition coefficient (Wildman–Crippen LogP) is 6.22. The maximum atomic E-state index is 13.0. The average Bonchev–Trinajstić information content (AvgIpc) is 3.26. The summed E-state index contributed by atoms with van der Waals surface area (Å²) in [5, 5.41) is 0. The number of hydrogen-bond acceptors (Lipinski definition) is 3. The molecule has 1 amide bonds. The number of likely N-dealkylation sites (N-methyl/N-ethyl adjacent to an activating group) is 1. The van der Waals surface area contributed by atoms with Gasteiger partial charge in [0.1, 0.15) is 0 Å². The molecule has 0 saturated carbocycles. The van der Waals surface area contributed by atoms with Crippen LogP contribution in [0, 0.1) is 0 Å². The van der Waals surface area contributed by atoms with Gasteiger partial charge in [-0.15, -0.1) is 0 Å². The van der Waals surface area contributed by atoms with E-state index in [1.165, 1.54) is 16.7 Å². The molecule has 1 unspecified atom stereocenters. The van der Waals surface area contributed by atoms with E-state index >= 15 is 0 Å². The van der Waals surface area contributed by atoms with Crippen molar-refractivity contribution in [2.75, 3.05) is 33.2 Å². The minimum absolute atomic E-state index is 0.0738. The monoisotopic (exact) mass is 532 g/mol. The zero-order valence-corrected chi connectivity index (χ0v) is 21.9. The van der Waals surface area contributed by atoms with E-state index in [-0.39, 0.29) is 17.4 Å². The number of halogens is 1. The van der Waals surface area contributed by atoms with Gasteiger partial charge in [0.15, 0.2) is 0 Å². The number of fused-ring (bicyclic) bond motifs is 2. The molecule has 4 nitrogen and oxygen atoms in total. The lowest BCUT2D eigenvalue weighted by Crippen LogP contribution is -2.43. The Kier molecular flexibility index (Phi) is 7.37. The largest absolute Gasteiger partial charge is 0.365 e. The van der Waals surface area contributed by atoms with Crippen LogP contribution in [0.2, 0.25) is 0 Å². The third-order valence-electron chi connectivity index (χ3n) is 7.67. The summed E-state index contributed by atoms with van der Waals surface area (Å²) in [5.74, 6) is 0.352. The molecule has 0 aromatic heterocycles. The topological polar surface area (TPSA) is 32.8 Å². The van der Waals surface area contributed by atoms with Crippen molar-refractivity contribution < 1.29 is 9.53 Å². The van der Waals surface area contributed by atoms with Crippen LogP contribution in [0.15, 0.2) is 83.3 Å². The molecule has 1 fully saturated rings. The van der Waals surface area contributed by atoms with E-state index in [2.05, 4.69) is 69.4 Å². The first-order valence-electron chi connectivity index (χ1n) is 12.5. The van der Waals surface area contributed by atoms with Gasteiger partial charge >= 0.3 is 0 Å². The van der Waals surface area contributed by atoms with Crippen LogP contribution in [0.3, 0.4) is 0 Å². The highest BCUT2D eigenvalue weighted by molar-refractivity contribution is 9.10. The van der Waals surface area contributed by atoms with Gasteiger partial charge < -0.3 is 14.5 Å². The van der Waals surface area contributed by atoms with Crippen molar-refractivity contribution in [1.82, 2.24) is 9.80 Å². The SMILES string of the molecule is CN(CC(CCN1CCC2(CC1)OCc1ccccc12)c1ccc(Br)cc1)C(=O)c1ccccc1. The fourth-order valence-corrected chi connectivity index (χ4v) is 5.85. The molecule has 182 valence electrons. The Balaban J connectivity index is 1.23. The summed E-state index contributed by atoms with van der Waals surface area (Å²) in [7, 11) is 1.92. The van der Waals surface area contributed by atoms with Crippen molar-refractivity contribution in [2.45, 2.75) is 37.4 Å². The first-order chi connectivity index (χ1) is 17.0. The molecule has 0 N–H and O–H groups in total. The van der Waals surface area contributed by atoms with Gasteiger partial charge in [-0.05, 0) is 66.8 Å². The lowest BCUT2D eigenvalue weighted by atomic mass is 9.83. The summed E-state index contributed by atoms with van der Waals surface area (Å²) in [6, 6.07) is 26.8. The smallest absolute Gasteiger partial charge is 0.253 e. The summed E-state index contributed by atoms with van der Waals surface area (Å²) >= 11 is 3.56. The Bertz CT molecular complexity index is 1140. The first kappa shape index (κ1) is 24.2. The Morgan fingerprint density at radius 3 is 2.43 bits per heavy atom. The number of hydrogen-bond donors (Lipinski definition) is 0. The maximum Gasteiger partial charge on any atom is 0.253 e. The van der Waals surface area contributed by atoms with Crippen molar-refractivity contribution in [2.24, 2.45) is 0 Å². The molecule has 1 saturated heterocycles. The van der Waals surface area contributed by atoms with E-state index in [1.54, 1.807) is 0 Å². The van der Waals surface area contributed by atoms with Crippen LogP contribution in [0.1, 0.15) is 52.2 Å². The normalized spacial score (nSPS) is 17.8. The minimum atomic E-state index is -0.0967.